The fraction of sp³-hybridized carbons (Fsp3) is 0.500. The van der Waals surface area contributed by atoms with Gasteiger partial charge in [-0.3, -0.25) is 4.57 Å². The molecular formula is C14H18O5P-. The van der Waals surface area contributed by atoms with Gasteiger partial charge in [-0.25, -0.2) is 0 Å². The van der Waals surface area contributed by atoms with Crippen molar-refractivity contribution in [2.24, 2.45) is 0 Å². The van der Waals surface area contributed by atoms with Crippen LogP contribution in [-0.4, -0.2) is 24.8 Å². The summed E-state index contributed by atoms with van der Waals surface area (Å²) in [5, 5.41) is 11.5. The SMILES string of the molecule is CCOP(=O)(OCC)[C@@H]1Cc2ccccc2[C@H]1C(=O)[O-]. The van der Waals surface area contributed by atoms with Crippen molar-refractivity contribution in [3.8, 4) is 0 Å². The lowest BCUT2D eigenvalue weighted by Gasteiger charge is -2.28. The van der Waals surface area contributed by atoms with Gasteiger partial charge in [0.15, 0.2) is 0 Å². The van der Waals surface area contributed by atoms with E-state index in [0.29, 0.717) is 12.0 Å². The molecule has 1 aromatic carbocycles. The van der Waals surface area contributed by atoms with Gasteiger partial charge in [-0.2, -0.15) is 0 Å². The lowest BCUT2D eigenvalue weighted by molar-refractivity contribution is -0.307. The number of hydrogen-bond donors (Lipinski definition) is 0. The van der Waals surface area contributed by atoms with Crippen molar-refractivity contribution in [1.82, 2.24) is 0 Å². The number of carboxylic acids is 1. The zero-order valence-electron chi connectivity index (χ0n) is 11.6. The van der Waals surface area contributed by atoms with Crippen LogP contribution in [0.3, 0.4) is 0 Å². The molecule has 110 valence electrons. The first-order valence-electron chi connectivity index (χ1n) is 6.71. The van der Waals surface area contributed by atoms with Gasteiger partial charge in [-0.05, 0) is 31.4 Å². The summed E-state index contributed by atoms with van der Waals surface area (Å²) in [6.45, 7) is 3.84. The summed E-state index contributed by atoms with van der Waals surface area (Å²) in [7, 11) is -3.48. The molecule has 0 fully saturated rings. The van der Waals surface area contributed by atoms with E-state index in [-0.39, 0.29) is 13.2 Å². The fourth-order valence-electron chi connectivity index (χ4n) is 2.74. The summed E-state index contributed by atoms with van der Waals surface area (Å²) in [6.07, 6.45) is 0.367. The van der Waals surface area contributed by atoms with Crippen LogP contribution in [-0.2, 0) is 24.8 Å². The lowest BCUT2D eigenvalue weighted by atomic mass is 10.0. The number of rotatable bonds is 6. The predicted molar refractivity (Wildman–Crippen MR) is 72.5 cm³/mol. The van der Waals surface area contributed by atoms with E-state index in [1.54, 1.807) is 26.0 Å². The summed E-state index contributed by atoms with van der Waals surface area (Å²) in [6, 6.07) is 7.18. The molecule has 6 heteroatoms. The Morgan fingerprint density at radius 2 is 1.90 bits per heavy atom. The molecule has 0 amide bonds. The molecule has 1 aliphatic carbocycles. The molecule has 0 heterocycles. The molecule has 0 N–H and O–H groups in total. The van der Waals surface area contributed by atoms with Crippen molar-refractivity contribution in [2.45, 2.75) is 31.8 Å². The van der Waals surface area contributed by atoms with Crippen LogP contribution in [0.15, 0.2) is 24.3 Å². The van der Waals surface area contributed by atoms with Crippen molar-refractivity contribution in [3.63, 3.8) is 0 Å². The van der Waals surface area contributed by atoms with Crippen molar-refractivity contribution in [3.05, 3.63) is 35.4 Å². The standard InChI is InChI=1S/C14H19O5P/c1-3-18-20(17,19-4-2)12-9-10-7-5-6-8-11(10)13(12)14(15)16/h5-8,12-13H,3-4,9H2,1-2H3,(H,15,16)/p-1/t12-,13-/m1/s1. The highest BCUT2D eigenvalue weighted by atomic mass is 31.2. The Kier molecular flexibility index (Phi) is 4.63. The van der Waals surface area contributed by atoms with Crippen molar-refractivity contribution in [2.75, 3.05) is 13.2 Å². The Hall–Kier alpha value is -1.16. The van der Waals surface area contributed by atoms with Gasteiger partial charge in [0.2, 0.25) is 0 Å². The highest BCUT2D eigenvalue weighted by Gasteiger charge is 2.46. The van der Waals surface area contributed by atoms with Crippen LogP contribution in [0.25, 0.3) is 0 Å². The lowest BCUT2D eigenvalue weighted by Crippen LogP contribution is -2.35. The van der Waals surface area contributed by atoms with E-state index in [1.165, 1.54) is 0 Å². The maximum atomic E-state index is 12.9. The molecule has 0 spiro atoms. The van der Waals surface area contributed by atoms with Crippen molar-refractivity contribution in [1.29, 1.82) is 0 Å². The smallest absolute Gasteiger partial charge is 0.335 e. The predicted octanol–water partition coefficient (Wildman–Crippen LogP) is 1.71. The first kappa shape index (κ1) is 15.2. The molecule has 0 aliphatic heterocycles. The van der Waals surface area contributed by atoms with Gasteiger partial charge < -0.3 is 18.9 Å². The van der Waals surface area contributed by atoms with E-state index < -0.39 is 25.1 Å². The fourth-order valence-corrected chi connectivity index (χ4v) is 4.99. The molecule has 0 unspecified atom stereocenters. The van der Waals surface area contributed by atoms with E-state index in [4.69, 9.17) is 9.05 Å². The molecule has 0 saturated carbocycles. The number of hydrogen-bond acceptors (Lipinski definition) is 5. The van der Waals surface area contributed by atoms with Crippen LogP contribution in [0, 0.1) is 0 Å². The molecule has 0 radical (unpaired) electrons. The average molecular weight is 297 g/mol. The molecule has 1 aliphatic rings. The third-order valence-corrected chi connectivity index (χ3v) is 6.01. The first-order valence-corrected chi connectivity index (χ1v) is 8.32. The van der Waals surface area contributed by atoms with Crippen LogP contribution in [0.2, 0.25) is 0 Å². The summed E-state index contributed by atoms with van der Waals surface area (Å²) in [5.41, 5.74) is 0.799. The molecule has 5 nitrogen and oxygen atoms in total. The van der Waals surface area contributed by atoms with Gasteiger partial charge in [0.25, 0.3) is 0 Å². The van der Waals surface area contributed by atoms with Gasteiger partial charge in [0.1, 0.15) is 0 Å². The number of carboxylic acid groups (broad SMARTS) is 1. The summed E-state index contributed by atoms with van der Waals surface area (Å²) < 4.78 is 23.5. The number of fused-ring (bicyclic) bond motifs is 1. The van der Waals surface area contributed by atoms with Gasteiger partial charge in [0, 0.05) is 11.9 Å². The Morgan fingerprint density at radius 3 is 2.45 bits per heavy atom. The van der Waals surface area contributed by atoms with Gasteiger partial charge >= 0.3 is 7.60 Å². The maximum Gasteiger partial charge on any atom is 0.335 e. The Labute approximate surface area is 118 Å². The van der Waals surface area contributed by atoms with Crippen LogP contribution in [0.1, 0.15) is 30.9 Å². The average Bonchev–Trinajstić information content (AvgIpc) is 2.79. The molecule has 2 rings (SSSR count). The minimum absolute atomic E-state index is 0.212. The van der Waals surface area contributed by atoms with Crippen molar-refractivity contribution < 1.29 is 23.5 Å². The minimum atomic E-state index is -3.48. The Morgan fingerprint density at radius 1 is 1.30 bits per heavy atom. The third kappa shape index (κ3) is 2.66. The molecular weight excluding hydrogens is 279 g/mol. The van der Waals surface area contributed by atoms with E-state index >= 15 is 0 Å². The number of benzene rings is 1. The zero-order valence-corrected chi connectivity index (χ0v) is 12.5. The van der Waals surface area contributed by atoms with E-state index in [9.17, 15) is 14.5 Å². The zero-order chi connectivity index (χ0) is 14.8. The Bertz CT molecular complexity index is 532. The second-order valence-electron chi connectivity index (χ2n) is 4.64. The topological polar surface area (TPSA) is 75.7 Å². The highest BCUT2D eigenvalue weighted by molar-refractivity contribution is 7.54. The van der Waals surface area contributed by atoms with Crippen LogP contribution < -0.4 is 5.11 Å². The number of carbonyl (C=O) groups excluding carboxylic acids is 1. The molecule has 0 saturated heterocycles. The summed E-state index contributed by atoms with van der Waals surface area (Å²) >= 11 is 0. The van der Waals surface area contributed by atoms with Crippen LogP contribution >= 0.6 is 7.60 Å². The highest BCUT2D eigenvalue weighted by Crippen LogP contribution is 2.60. The van der Waals surface area contributed by atoms with E-state index in [2.05, 4.69) is 0 Å². The summed E-state index contributed by atoms with van der Waals surface area (Å²) in [5.74, 6) is -2.19. The normalized spacial score (nSPS) is 21.7. The molecule has 0 bridgehead atoms. The Balaban J connectivity index is 2.42. The van der Waals surface area contributed by atoms with Crippen molar-refractivity contribution >= 4 is 13.6 Å². The van der Waals surface area contributed by atoms with Gasteiger partial charge in [0.05, 0.1) is 18.9 Å². The van der Waals surface area contributed by atoms with E-state index in [1.807, 2.05) is 12.1 Å². The minimum Gasteiger partial charge on any atom is -0.549 e. The third-order valence-electron chi connectivity index (χ3n) is 3.48. The molecule has 20 heavy (non-hydrogen) atoms. The first-order chi connectivity index (χ1) is 9.53. The summed E-state index contributed by atoms with van der Waals surface area (Å²) in [4.78, 5) is 11.5. The number of carbonyl (C=O) groups is 1. The second-order valence-corrected chi connectivity index (χ2v) is 6.90. The quantitative estimate of drug-likeness (QED) is 0.747. The van der Waals surface area contributed by atoms with Gasteiger partial charge in [-0.1, -0.05) is 24.3 Å². The monoisotopic (exact) mass is 297 g/mol. The molecule has 2 atom stereocenters. The van der Waals surface area contributed by atoms with E-state index in [0.717, 1.165) is 5.56 Å². The maximum absolute atomic E-state index is 12.9. The van der Waals surface area contributed by atoms with Crippen LogP contribution in [0.4, 0.5) is 0 Å². The van der Waals surface area contributed by atoms with Gasteiger partial charge in [-0.15, -0.1) is 0 Å². The van der Waals surface area contributed by atoms with Crippen LogP contribution in [0.5, 0.6) is 0 Å². The molecule has 0 aromatic heterocycles. The largest absolute Gasteiger partial charge is 0.549 e. The second kappa shape index (κ2) is 6.08. The number of aliphatic carboxylic acids is 1. The molecule has 1 aromatic rings.